The van der Waals surface area contributed by atoms with Crippen LogP contribution in [-0.2, 0) is 0 Å². The van der Waals surface area contributed by atoms with Crippen LogP contribution in [0.5, 0.6) is 0 Å². The van der Waals surface area contributed by atoms with Gasteiger partial charge in [0.2, 0.25) is 0 Å². The minimum absolute atomic E-state index is 0.205. The summed E-state index contributed by atoms with van der Waals surface area (Å²) in [5.74, 6) is 0. The molecule has 1 heterocycles. The van der Waals surface area contributed by atoms with E-state index in [4.69, 9.17) is 11.6 Å². The SMILES string of the molecule is CN(C)CCNC(=O)Nc1ccc(N2CCCCC2)c(Cl)c1. The van der Waals surface area contributed by atoms with Crippen LogP contribution in [0.25, 0.3) is 0 Å². The molecule has 0 unspecified atom stereocenters. The summed E-state index contributed by atoms with van der Waals surface area (Å²) in [6.45, 7) is 3.52. The summed E-state index contributed by atoms with van der Waals surface area (Å²) in [4.78, 5) is 16.1. The van der Waals surface area contributed by atoms with Gasteiger partial charge in [0.1, 0.15) is 0 Å². The van der Waals surface area contributed by atoms with Crippen molar-refractivity contribution < 1.29 is 4.79 Å². The first-order valence-corrected chi connectivity index (χ1v) is 8.18. The summed E-state index contributed by atoms with van der Waals surface area (Å²) in [5.41, 5.74) is 1.77. The van der Waals surface area contributed by atoms with Crippen LogP contribution < -0.4 is 15.5 Å². The molecule has 22 heavy (non-hydrogen) atoms. The molecule has 1 aromatic rings. The molecule has 1 aliphatic heterocycles. The summed E-state index contributed by atoms with van der Waals surface area (Å²) in [6, 6.07) is 5.50. The van der Waals surface area contributed by atoms with E-state index < -0.39 is 0 Å². The standard InChI is InChI=1S/C16H25ClN4O/c1-20(2)11-8-18-16(22)19-13-6-7-15(14(17)12-13)21-9-4-3-5-10-21/h6-7,12H,3-5,8-11H2,1-2H3,(H2,18,19,22). The van der Waals surface area contributed by atoms with Gasteiger partial charge in [0.05, 0.1) is 10.7 Å². The highest BCUT2D eigenvalue weighted by Gasteiger charge is 2.14. The third-order valence-electron chi connectivity index (χ3n) is 3.75. The topological polar surface area (TPSA) is 47.6 Å². The van der Waals surface area contributed by atoms with E-state index in [1.165, 1.54) is 19.3 Å². The van der Waals surface area contributed by atoms with Crippen LogP contribution in [0.15, 0.2) is 18.2 Å². The van der Waals surface area contributed by atoms with Crippen molar-refractivity contribution in [2.24, 2.45) is 0 Å². The van der Waals surface area contributed by atoms with Gasteiger partial charge in [-0.05, 0) is 51.6 Å². The molecule has 0 atom stereocenters. The molecule has 2 N–H and O–H groups in total. The maximum absolute atomic E-state index is 11.8. The monoisotopic (exact) mass is 324 g/mol. The molecule has 2 rings (SSSR count). The number of carbonyl (C=O) groups is 1. The molecule has 0 bridgehead atoms. The summed E-state index contributed by atoms with van der Waals surface area (Å²) in [5, 5.41) is 6.32. The zero-order valence-electron chi connectivity index (χ0n) is 13.4. The Morgan fingerprint density at radius 1 is 1.27 bits per heavy atom. The van der Waals surface area contributed by atoms with Gasteiger partial charge in [-0.25, -0.2) is 4.79 Å². The van der Waals surface area contributed by atoms with Crippen molar-refractivity contribution in [1.82, 2.24) is 10.2 Å². The van der Waals surface area contributed by atoms with Crippen LogP contribution in [0.1, 0.15) is 19.3 Å². The van der Waals surface area contributed by atoms with Crippen LogP contribution in [-0.4, -0.2) is 51.2 Å². The molecule has 1 saturated heterocycles. The van der Waals surface area contributed by atoms with Crippen molar-refractivity contribution in [3.63, 3.8) is 0 Å². The highest BCUT2D eigenvalue weighted by atomic mass is 35.5. The minimum atomic E-state index is -0.205. The molecule has 0 saturated carbocycles. The van der Waals surface area contributed by atoms with E-state index in [1.54, 1.807) is 0 Å². The first-order valence-electron chi connectivity index (χ1n) is 7.80. The van der Waals surface area contributed by atoms with Gasteiger partial charge in [-0.2, -0.15) is 0 Å². The molecule has 122 valence electrons. The lowest BCUT2D eigenvalue weighted by atomic mass is 10.1. The average molecular weight is 325 g/mol. The second kappa shape index (κ2) is 8.25. The van der Waals surface area contributed by atoms with Crippen molar-refractivity contribution in [3.8, 4) is 0 Å². The van der Waals surface area contributed by atoms with Gasteiger partial charge in [-0.15, -0.1) is 0 Å². The molecule has 1 fully saturated rings. The van der Waals surface area contributed by atoms with E-state index in [9.17, 15) is 4.79 Å². The maximum atomic E-state index is 11.8. The first kappa shape index (κ1) is 16.9. The van der Waals surface area contributed by atoms with Crippen molar-refractivity contribution in [2.45, 2.75) is 19.3 Å². The number of hydrogen-bond donors (Lipinski definition) is 2. The summed E-state index contributed by atoms with van der Waals surface area (Å²) in [7, 11) is 3.94. The number of hydrogen-bond acceptors (Lipinski definition) is 3. The molecule has 0 aliphatic carbocycles. The molecular formula is C16H25ClN4O. The van der Waals surface area contributed by atoms with Crippen LogP contribution in [0, 0.1) is 0 Å². The number of nitrogens with zero attached hydrogens (tertiary/aromatic N) is 2. The fourth-order valence-electron chi connectivity index (χ4n) is 2.54. The van der Waals surface area contributed by atoms with E-state index in [-0.39, 0.29) is 6.03 Å². The van der Waals surface area contributed by atoms with E-state index in [1.807, 2.05) is 37.2 Å². The molecule has 0 spiro atoms. The Kier molecular flexibility index (Phi) is 6.34. The number of amides is 2. The van der Waals surface area contributed by atoms with E-state index in [2.05, 4.69) is 15.5 Å². The fourth-order valence-corrected chi connectivity index (χ4v) is 2.84. The van der Waals surface area contributed by atoms with Gasteiger partial charge in [0.15, 0.2) is 0 Å². The molecule has 1 aromatic carbocycles. The van der Waals surface area contributed by atoms with Gasteiger partial charge < -0.3 is 20.4 Å². The van der Waals surface area contributed by atoms with Crippen molar-refractivity contribution >= 4 is 29.0 Å². The number of halogens is 1. The number of nitrogens with one attached hydrogen (secondary N) is 2. The lowest BCUT2D eigenvalue weighted by Crippen LogP contribution is -2.34. The third-order valence-corrected chi connectivity index (χ3v) is 4.05. The Morgan fingerprint density at radius 3 is 2.64 bits per heavy atom. The molecule has 6 heteroatoms. The molecule has 0 radical (unpaired) electrons. The second-order valence-corrected chi connectivity index (χ2v) is 6.31. The Labute approximate surface area is 137 Å². The van der Waals surface area contributed by atoms with Crippen LogP contribution >= 0.6 is 11.6 Å². The van der Waals surface area contributed by atoms with E-state index >= 15 is 0 Å². The quantitative estimate of drug-likeness (QED) is 0.875. The van der Waals surface area contributed by atoms with Crippen molar-refractivity contribution in [1.29, 1.82) is 0 Å². The number of piperidine rings is 1. The Bertz CT molecular complexity index is 501. The molecular weight excluding hydrogens is 300 g/mol. The Morgan fingerprint density at radius 2 is 2.00 bits per heavy atom. The largest absolute Gasteiger partial charge is 0.370 e. The van der Waals surface area contributed by atoms with Gasteiger partial charge in [-0.1, -0.05) is 11.6 Å². The molecule has 1 aliphatic rings. The number of rotatable bonds is 5. The predicted molar refractivity (Wildman–Crippen MR) is 93.1 cm³/mol. The van der Waals surface area contributed by atoms with Crippen molar-refractivity contribution in [2.75, 3.05) is 50.5 Å². The number of urea groups is 1. The number of carbonyl (C=O) groups excluding carboxylic acids is 1. The summed E-state index contributed by atoms with van der Waals surface area (Å²) >= 11 is 6.37. The molecule has 0 aromatic heterocycles. The number of benzene rings is 1. The van der Waals surface area contributed by atoms with Crippen LogP contribution in [0.3, 0.4) is 0 Å². The first-order chi connectivity index (χ1) is 10.6. The Balaban J connectivity index is 1.90. The molecule has 5 nitrogen and oxygen atoms in total. The highest BCUT2D eigenvalue weighted by molar-refractivity contribution is 6.33. The third kappa shape index (κ3) is 5.07. The zero-order valence-corrected chi connectivity index (χ0v) is 14.1. The summed E-state index contributed by atoms with van der Waals surface area (Å²) in [6.07, 6.45) is 3.72. The lowest BCUT2D eigenvalue weighted by molar-refractivity contribution is 0.250. The van der Waals surface area contributed by atoms with Gasteiger partial charge >= 0.3 is 6.03 Å². The van der Waals surface area contributed by atoms with Crippen molar-refractivity contribution in [3.05, 3.63) is 23.2 Å². The maximum Gasteiger partial charge on any atom is 0.319 e. The zero-order chi connectivity index (χ0) is 15.9. The number of anilines is 2. The second-order valence-electron chi connectivity index (χ2n) is 5.90. The van der Waals surface area contributed by atoms with Crippen LogP contribution in [0.2, 0.25) is 5.02 Å². The molecule has 2 amide bonds. The average Bonchev–Trinajstić information content (AvgIpc) is 2.48. The normalized spacial score (nSPS) is 15.0. The smallest absolute Gasteiger partial charge is 0.319 e. The van der Waals surface area contributed by atoms with E-state index in [0.29, 0.717) is 17.3 Å². The van der Waals surface area contributed by atoms with Crippen LogP contribution in [0.4, 0.5) is 16.2 Å². The fraction of sp³-hybridized carbons (Fsp3) is 0.562. The Hall–Kier alpha value is -1.46. The lowest BCUT2D eigenvalue weighted by Gasteiger charge is -2.29. The minimum Gasteiger partial charge on any atom is -0.370 e. The van der Waals surface area contributed by atoms with Gasteiger partial charge in [-0.3, -0.25) is 0 Å². The summed E-state index contributed by atoms with van der Waals surface area (Å²) < 4.78 is 0. The highest BCUT2D eigenvalue weighted by Crippen LogP contribution is 2.30. The number of likely N-dealkylation sites (N-methyl/N-ethyl adjacent to an activating group) is 1. The van der Waals surface area contributed by atoms with Gasteiger partial charge in [0, 0.05) is 31.9 Å². The van der Waals surface area contributed by atoms with E-state index in [0.717, 1.165) is 25.3 Å². The van der Waals surface area contributed by atoms with Gasteiger partial charge in [0.25, 0.3) is 0 Å². The predicted octanol–water partition coefficient (Wildman–Crippen LogP) is 3.01.